The van der Waals surface area contributed by atoms with Gasteiger partial charge < -0.3 is 5.32 Å². The standard InChI is InChI=1S/C26H25Cl2N3O2/c1-17(2)24(26(33)31-29-16-20-14-9-15-21(27)23(20)28)30-25(32)22(18-10-5-3-6-11-18)19-12-7-4-8-13-19/h3-17,22,24H,1-2H3,(H,30,32)(H,31,33). The van der Waals surface area contributed by atoms with E-state index in [0.717, 1.165) is 11.1 Å². The van der Waals surface area contributed by atoms with Gasteiger partial charge in [0, 0.05) is 5.56 Å². The molecule has 33 heavy (non-hydrogen) atoms. The van der Waals surface area contributed by atoms with Crippen LogP contribution in [0.5, 0.6) is 0 Å². The summed E-state index contributed by atoms with van der Waals surface area (Å²) < 4.78 is 0. The summed E-state index contributed by atoms with van der Waals surface area (Å²) in [6.45, 7) is 3.73. The molecule has 1 atom stereocenters. The van der Waals surface area contributed by atoms with Gasteiger partial charge in [0.05, 0.1) is 22.2 Å². The molecule has 2 amide bonds. The second-order valence-electron chi connectivity index (χ2n) is 7.86. The third-order valence-electron chi connectivity index (χ3n) is 5.13. The van der Waals surface area contributed by atoms with Gasteiger partial charge in [-0.25, -0.2) is 5.43 Å². The molecule has 0 bridgehead atoms. The number of carbonyl (C=O) groups excluding carboxylic acids is 2. The van der Waals surface area contributed by atoms with Crippen LogP contribution in [-0.2, 0) is 9.59 Å². The summed E-state index contributed by atoms with van der Waals surface area (Å²) >= 11 is 12.2. The monoisotopic (exact) mass is 481 g/mol. The molecule has 0 saturated heterocycles. The maximum Gasteiger partial charge on any atom is 0.262 e. The van der Waals surface area contributed by atoms with Crippen LogP contribution in [0, 0.1) is 5.92 Å². The van der Waals surface area contributed by atoms with E-state index in [0.29, 0.717) is 15.6 Å². The summed E-state index contributed by atoms with van der Waals surface area (Å²) in [7, 11) is 0. The molecule has 1 unspecified atom stereocenters. The van der Waals surface area contributed by atoms with E-state index in [-0.39, 0.29) is 11.8 Å². The van der Waals surface area contributed by atoms with Crippen LogP contribution >= 0.6 is 23.2 Å². The molecule has 0 aliphatic carbocycles. The largest absolute Gasteiger partial charge is 0.343 e. The Labute approximate surface area is 203 Å². The molecule has 3 aromatic rings. The first kappa shape index (κ1) is 24.5. The maximum atomic E-state index is 13.4. The fourth-order valence-corrected chi connectivity index (χ4v) is 3.77. The van der Waals surface area contributed by atoms with Crippen molar-refractivity contribution >= 4 is 41.2 Å². The number of halogens is 2. The smallest absolute Gasteiger partial charge is 0.262 e. The van der Waals surface area contributed by atoms with Crippen LogP contribution in [0.25, 0.3) is 0 Å². The molecule has 7 heteroatoms. The lowest BCUT2D eigenvalue weighted by molar-refractivity contribution is -0.130. The van der Waals surface area contributed by atoms with Crippen molar-refractivity contribution in [1.82, 2.24) is 10.7 Å². The van der Waals surface area contributed by atoms with E-state index in [1.165, 1.54) is 6.21 Å². The lowest BCUT2D eigenvalue weighted by Crippen LogP contribution is -2.50. The van der Waals surface area contributed by atoms with Gasteiger partial charge >= 0.3 is 0 Å². The summed E-state index contributed by atoms with van der Waals surface area (Å²) in [4.78, 5) is 26.2. The number of amides is 2. The van der Waals surface area contributed by atoms with Gasteiger partial charge in [-0.3, -0.25) is 9.59 Å². The third-order valence-corrected chi connectivity index (χ3v) is 5.97. The molecule has 0 saturated carbocycles. The van der Waals surface area contributed by atoms with Crippen LogP contribution in [0.2, 0.25) is 10.0 Å². The van der Waals surface area contributed by atoms with Crippen molar-refractivity contribution in [2.45, 2.75) is 25.8 Å². The molecule has 0 aromatic heterocycles. The van der Waals surface area contributed by atoms with Crippen molar-refractivity contribution in [3.63, 3.8) is 0 Å². The van der Waals surface area contributed by atoms with Crippen LogP contribution in [0.4, 0.5) is 0 Å². The fraction of sp³-hybridized carbons (Fsp3) is 0.192. The number of hydrazone groups is 1. The molecule has 0 fully saturated rings. The highest BCUT2D eigenvalue weighted by atomic mass is 35.5. The first-order valence-corrected chi connectivity index (χ1v) is 11.3. The van der Waals surface area contributed by atoms with Gasteiger partial charge in [-0.05, 0) is 23.1 Å². The number of benzene rings is 3. The van der Waals surface area contributed by atoms with E-state index in [4.69, 9.17) is 23.2 Å². The first-order valence-electron chi connectivity index (χ1n) is 10.6. The maximum absolute atomic E-state index is 13.4. The molecule has 3 rings (SSSR count). The predicted octanol–water partition coefficient (Wildman–Crippen LogP) is 5.42. The topological polar surface area (TPSA) is 70.6 Å². The minimum Gasteiger partial charge on any atom is -0.343 e. The predicted molar refractivity (Wildman–Crippen MR) is 134 cm³/mol. The molecule has 170 valence electrons. The number of nitrogens with zero attached hydrogens (tertiary/aromatic N) is 1. The lowest BCUT2D eigenvalue weighted by Gasteiger charge is -2.24. The Morgan fingerprint density at radius 2 is 1.39 bits per heavy atom. The molecule has 0 aliphatic heterocycles. The molecule has 2 N–H and O–H groups in total. The number of rotatable bonds is 8. The molecular formula is C26H25Cl2N3O2. The van der Waals surface area contributed by atoms with Crippen molar-refractivity contribution in [3.8, 4) is 0 Å². The molecule has 0 aliphatic rings. The highest BCUT2D eigenvalue weighted by Crippen LogP contribution is 2.26. The van der Waals surface area contributed by atoms with Crippen molar-refractivity contribution < 1.29 is 9.59 Å². The van der Waals surface area contributed by atoms with Crippen molar-refractivity contribution in [2.24, 2.45) is 11.0 Å². The number of hydrogen-bond acceptors (Lipinski definition) is 3. The van der Waals surface area contributed by atoms with E-state index >= 15 is 0 Å². The fourth-order valence-electron chi connectivity index (χ4n) is 3.41. The van der Waals surface area contributed by atoms with Gasteiger partial charge in [0.2, 0.25) is 5.91 Å². The van der Waals surface area contributed by atoms with E-state index < -0.39 is 17.9 Å². The first-order chi connectivity index (χ1) is 15.9. The number of hydrogen-bond donors (Lipinski definition) is 2. The van der Waals surface area contributed by atoms with Crippen LogP contribution in [0.15, 0.2) is 84.0 Å². The second kappa shape index (κ2) is 11.6. The van der Waals surface area contributed by atoms with E-state index in [1.54, 1.807) is 18.2 Å². The summed E-state index contributed by atoms with van der Waals surface area (Å²) in [5.74, 6) is -1.39. The summed E-state index contributed by atoms with van der Waals surface area (Å²) in [5, 5.41) is 7.65. The third kappa shape index (κ3) is 6.44. The van der Waals surface area contributed by atoms with Crippen molar-refractivity contribution in [3.05, 3.63) is 106 Å². The Morgan fingerprint density at radius 3 is 1.94 bits per heavy atom. The highest BCUT2D eigenvalue weighted by Gasteiger charge is 2.29. The quantitative estimate of drug-likeness (QED) is 0.333. The highest BCUT2D eigenvalue weighted by molar-refractivity contribution is 6.43. The molecule has 0 spiro atoms. The Balaban J connectivity index is 1.77. The van der Waals surface area contributed by atoms with Crippen LogP contribution in [0.3, 0.4) is 0 Å². The average molecular weight is 482 g/mol. The zero-order valence-corrected chi connectivity index (χ0v) is 19.8. The summed E-state index contributed by atoms with van der Waals surface area (Å²) in [5.41, 5.74) is 4.76. The van der Waals surface area contributed by atoms with Gasteiger partial charge in [0.1, 0.15) is 6.04 Å². The van der Waals surface area contributed by atoms with Crippen molar-refractivity contribution in [2.75, 3.05) is 0 Å². The van der Waals surface area contributed by atoms with Crippen molar-refractivity contribution in [1.29, 1.82) is 0 Å². The SMILES string of the molecule is CC(C)C(NC(=O)C(c1ccccc1)c1ccccc1)C(=O)NN=Cc1cccc(Cl)c1Cl. The van der Waals surface area contributed by atoms with Crippen LogP contribution in [-0.4, -0.2) is 24.1 Å². The van der Waals surface area contributed by atoms with E-state index in [2.05, 4.69) is 15.8 Å². The minimum atomic E-state index is -0.778. The number of nitrogens with one attached hydrogen (secondary N) is 2. The zero-order chi connectivity index (χ0) is 23.8. The number of carbonyl (C=O) groups is 2. The molecule has 0 heterocycles. The Bertz CT molecular complexity index is 1080. The molecule has 0 radical (unpaired) electrons. The van der Waals surface area contributed by atoms with Gasteiger partial charge in [0.15, 0.2) is 0 Å². The average Bonchev–Trinajstić information content (AvgIpc) is 2.81. The minimum absolute atomic E-state index is 0.161. The Kier molecular flexibility index (Phi) is 8.64. The molecular weight excluding hydrogens is 457 g/mol. The Morgan fingerprint density at radius 1 is 0.818 bits per heavy atom. The zero-order valence-electron chi connectivity index (χ0n) is 18.3. The van der Waals surface area contributed by atoms with Gasteiger partial charge in [0.25, 0.3) is 5.91 Å². The Hall–Kier alpha value is -3.15. The summed E-state index contributed by atoms with van der Waals surface area (Å²) in [6.07, 6.45) is 1.42. The summed E-state index contributed by atoms with van der Waals surface area (Å²) in [6, 6.07) is 23.3. The van der Waals surface area contributed by atoms with Crippen LogP contribution in [0.1, 0.15) is 36.5 Å². The second-order valence-corrected chi connectivity index (χ2v) is 8.65. The molecule has 3 aromatic carbocycles. The van der Waals surface area contributed by atoms with Gasteiger partial charge in [-0.1, -0.05) is 110 Å². The van der Waals surface area contributed by atoms with Gasteiger partial charge in [-0.15, -0.1) is 0 Å². The van der Waals surface area contributed by atoms with E-state index in [9.17, 15) is 9.59 Å². The molecule has 5 nitrogen and oxygen atoms in total. The van der Waals surface area contributed by atoms with Gasteiger partial charge in [-0.2, -0.15) is 5.10 Å². The van der Waals surface area contributed by atoms with E-state index in [1.807, 2.05) is 74.5 Å². The lowest BCUT2D eigenvalue weighted by atomic mass is 9.89. The van der Waals surface area contributed by atoms with Crippen LogP contribution < -0.4 is 10.7 Å². The normalized spacial score (nSPS) is 12.2.